The monoisotopic (exact) mass is 221 g/mol. The van der Waals surface area contributed by atoms with Gasteiger partial charge >= 0.3 is 0 Å². The minimum Gasteiger partial charge on any atom is -0.373 e. The van der Waals surface area contributed by atoms with Gasteiger partial charge in [-0.3, -0.25) is 0 Å². The van der Waals surface area contributed by atoms with Crippen molar-refractivity contribution in [1.29, 1.82) is 0 Å². The van der Waals surface area contributed by atoms with Crippen LogP contribution in [0.15, 0.2) is 6.07 Å². The van der Waals surface area contributed by atoms with Crippen molar-refractivity contribution in [2.24, 2.45) is 0 Å². The first-order valence-electron chi connectivity index (χ1n) is 5.79. The fourth-order valence-electron chi connectivity index (χ4n) is 2.17. The molecule has 1 atom stereocenters. The van der Waals surface area contributed by atoms with E-state index in [0.29, 0.717) is 12.0 Å². The van der Waals surface area contributed by atoms with Crippen LogP contribution in [0.2, 0.25) is 0 Å². The molecule has 0 amide bonds. The van der Waals surface area contributed by atoms with Crippen LogP contribution in [0.5, 0.6) is 0 Å². The highest BCUT2D eigenvalue weighted by molar-refractivity contribution is 5.53. The third kappa shape index (κ3) is 2.18. The Kier molecular flexibility index (Phi) is 3.12. The van der Waals surface area contributed by atoms with Crippen LogP contribution in [-0.2, 0) is 0 Å². The Labute approximate surface area is 96.1 Å². The molecule has 0 bridgehead atoms. The second-order valence-electron chi connectivity index (χ2n) is 4.26. The van der Waals surface area contributed by atoms with E-state index in [1.54, 1.807) is 0 Å². The number of piperidine rings is 1. The number of rotatable bonds is 2. The molecular weight excluding hydrogens is 202 g/mol. The van der Waals surface area contributed by atoms with E-state index in [0.717, 1.165) is 18.2 Å². The van der Waals surface area contributed by atoms with E-state index in [4.69, 9.17) is 5.73 Å². The summed E-state index contributed by atoms with van der Waals surface area (Å²) in [6.45, 7) is 3.29. The van der Waals surface area contributed by atoms with Crippen LogP contribution in [0.25, 0.3) is 0 Å². The molecule has 0 aromatic carbocycles. The van der Waals surface area contributed by atoms with Gasteiger partial charge in [0.2, 0.25) is 5.95 Å². The first kappa shape index (κ1) is 11.0. The Morgan fingerprint density at radius 3 is 2.94 bits per heavy atom. The second kappa shape index (κ2) is 4.55. The summed E-state index contributed by atoms with van der Waals surface area (Å²) >= 11 is 0. The molecule has 1 fully saturated rings. The van der Waals surface area contributed by atoms with Crippen LogP contribution in [-0.4, -0.2) is 29.6 Å². The normalized spacial score (nSPS) is 20.9. The van der Waals surface area contributed by atoms with Gasteiger partial charge in [-0.1, -0.05) is 0 Å². The maximum Gasteiger partial charge on any atom is 0.223 e. The molecular formula is C11H19N5. The number of nitrogen functional groups attached to an aromatic ring is 1. The molecule has 16 heavy (non-hydrogen) atoms. The zero-order valence-corrected chi connectivity index (χ0v) is 9.90. The van der Waals surface area contributed by atoms with E-state index in [9.17, 15) is 0 Å². The molecule has 88 valence electrons. The van der Waals surface area contributed by atoms with Crippen LogP contribution in [0, 0.1) is 0 Å². The summed E-state index contributed by atoms with van der Waals surface area (Å²) in [5.74, 6) is 2.05. The van der Waals surface area contributed by atoms with Gasteiger partial charge in [0.25, 0.3) is 0 Å². The number of hydrogen-bond acceptors (Lipinski definition) is 5. The van der Waals surface area contributed by atoms with E-state index in [2.05, 4.69) is 27.1 Å². The van der Waals surface area contributed by atoms with Gasteiger partial charge in [0.15, 0.2) is 0 Å². The number of aromatic nitrogens is 2. The Balaban J connectivity index is 2.27. The Hall–Kier alpha value is -1.52. The van der Waals surface area contributed by atoms with Crippen LogP contribution in [0.4, 0.5) is 17.6 Å². The first-order valence-corrected chi connectivity index (χ1v) is 5.79. The summed E-state index contributed by atoms with van der Waals surface area (Å²) in [5, 5.41) is 3.00. The van der Waals surface area contributed by atoms with Crippen LogP contribution in [0.1, 0.15) is 26.2 Å². The lowest BCUT2D eigenvalue weighted by molar-refractivity contribution is 0.481. The second-order valence-corrected chi connectivity index (χ2v) is 4.26. The Morgan fingerprint density at radius 1 is 1.44 bits per heavy atom. The quantitative estimate of drug-likeness (QED) is 0.791. The van der Waals surface area contributed by atoms with Gasteiger partial charge in [-0.25, -0.2) is 0 Å². The van der Waals surface area contributed by atoms with Crippen molar-refractivity contribution in [2.75, 3.05) is 29.5 Å². The smallest absolute Gasteiger partial charge is 0.223 e. The minimum atomic E-state index is 0.333. The third-order valence-electron chi connectivity index (χ3n) is 3.08. The van der Waals surface area contributed by atoms with Gasteiger partial charge in [-0.05, 0) is 26.2 Å². The summed E-state index contributed by atoms with van der Waals surface area (Å²) in [6, 6.07) is 2.49. The molecule has 2 heterocycles. The van der Waals surface area contributed by atoms with E-state index in [1.807, 2.05) is 13.1 Å². The number of nitrogens with zero attached hydrogens (tertiary/aromatic N) is 3. The molecule has 0 radical (unpaired) electrons. The molecule has 1 aliphatic rings. The van der Waals surface area contributed by atoms with Gasteiger partial charge in [-0.15, -0.1) is 0 Å². The first-order chi connectivity index (χ1) is 7.70. The fraction of sp³-hybridized carbons (Fsp3) is 0.636. The average Bonchev–Trinajstić information content (AvgIpc) is 2.28. The standard InChI is InChI=1S/C11H19N5/c1-8-5-3-4-6-16(8)10-7-9(13-2)14-11(12)15-10/h7-8H,3-6H2,1-2H3,(H3,12,13,14,15). The molecule has 0 saturated carbocycles. The Bertz CT molecular complexity index is 365. The zero-order chi connectivity index (χ0) is 11.5. The molecule has 1 unspecified atom stereocenters. The van der Waals surface area contributed by atoms with Crippen molar-refractivity contribution in [3.8, 4) is 0 Å². The highest BCUT2D eigenvalue weighted by atomic mass is 15.2. The van der Waals surface area contributed by atoms with Gasteiger partial charge < -0.3 is 16.0 Å². The minimum absolute atomic E-state index is 0.333. The van der Waals surface area contributed by atoms with Gasteiger partial charge in [-0.2, -0.15) is 9.97 Å². The number of nitrogens with one attached hydrogen (secondary N) is 1. The predicted molar refractivity (Wildman–Crippen MR) is 66.7 cm³/mol. The van der Waals surface area contributed by atoms with Gasteiger partial charge in [0.05, 0.1) is 0 Å². The summed E-state index contributed by atoms with van der Waals surface area (Å²) in [5.41, 5.74) is 5.70. The maximum atomic E-state index is 5.70. The van der Waals surface area contributed by atoms with Crippen molar-refractivity contribution < 1.29 is 0 Å². The lowest BCUT2D eigenvalue weighted by Gasteiger charge is -2.34. The molecule has 1 saturated heterocycles. The van der Waals surface area contributed by atoms with Gasteiger partial charge in [0.1, 0.15) is 11.6 Å². The van der Waals surface area contributed by atoms with Crippen LogP contribution < -0.4 is 16.0 Å². The van der Waals surface area contributed by atoms with Crippen molar-refractivity contribution in [2.45, 2.75) is 32.2 Å². The van der Waals surface area contributed by atoms with E-state index in [1.165, 1.54) is 19.3 Å². The molecule has 0 spiro atoms. The molecule has 5 heteroatoms. The fourth-order valence-corrected chi connectivity index (χ4v) is 2.17. The van der Waals surface area contributed by atoms with Crippen LogP contribution in [0.3, 0.4) is 0 Å². The third-order valence-corrected chi connectivity index (χ3v) is 3.08. The summed E-state index contributed by atoms with van der Waals surface area (Å²) < 4.78 is 0. The lowest BCUT2D eigenvalue weighted by atomic mass is 10.0. The molecule has 1 aromatic heterocycles. The van der Waals surface area contributed by atoms with Crippen molar-refractivity contribution in [3.05, 3.63) is 6.07 Å². The molecule has 1 aromatic rings. The molecule has 0 aliphatic carbocycles. The summed E-state index contributed by atoms with van der Waals surface area (Å²) in [7, 11) is 1.84. The molecule has 5 nitrogen and oxygen atoms in total. The van der Waals surface area contributed by atoms with E-state index < -0.39 is 0 Å². The topological polar surface area (TPSA) is 67.1 Å². The molecule has 2 rings (SSSR count). The Morgan fingerprint density at radius 2 is 2.25 bits per heavy atom. The van der Waals surface area contributed by atoms with Crippen LogP contribution >= 0.6 is 0 Å². The molecule has 1 aliphatic heterocycles. The summed E-state index contributed by atoms with van der Waals surface area (Å²) in [4.78, 5) is 10.7. The molecule has 3 N–H and O–H groups in total. The predicted octanol–water partition coefficient (Wildman–Crippen LogP) is 1.48. The zero-order valence-electron chi connectivity index (χ0n) is 9.90. The SMILES string of the molecule is CNc1cc(N2CCCCC2C)nc(N)n1. The lowest BCUT2D eigenvalue weighted by Crippen LogP contribution is -2.38. The highest BCUT2D eigenvalue weighted by Crippen LogP contribution is 2.24. The summed E-state index contributed by atoms with van der Waals surface area (Å²) in [6.07, 6.45) is 3.75. The number of anilines is 3. The van der Waals surface area contributed by atoms with Gasteiger partial charge in [0, 0.05) is 25.7 Å². The van der Waals surface area contributed by atoms with E-state index in [-0.39, 0.29) is 0 Å². The van der Waals surface area contributed by atoms with Crippen molar-refractivity contribution in [3.63, 3.8) is 0 Å². The number of nitrogens with two attached hydrogens (primary N) is 1. The van der Waals surface area contributed by atoms with Crippen molar-refractivity contribution >= 4 is 17.6 Å². The van der Waals surface area contributed by atoms with E-state index >= 15 is 0 Å². The highest BCUT2D eigenvalue weighted by Gasteiger charge is 2.20. The maximum absolute atomic E-state index is 5.70. The largest absolute Gasteiger partial charge is 0.373 e. The number of hydrogen-bond donors (Lipinski definition) is 2. The average molecular weight is 221 g/mol. The van der Waals surface area contributed by atoms with Crippen molar-refractivity contribution in [1.82, 2.24) is 9.97 Å².